The van der Waals surface area contributed by atoms with Gasteiger partial charge >= 0.3 is 0 Å². The van der Waals surface area contributed by atoms with Gasteiger partial charge < -0.3 is 14.2 Å². The van der Waals surface area contributed by atoms with E-state index in [1.54, 1.807) is 0 Å². The summed E-state index contributed by atoms with van der Waals surface area (Å²) in [5.41, 5.74) is 2.53. The molecular weight excluding hydrogens is 332 g/mol. The number of piperidine rings is 1. The predicted octanol–water partition coefficient (Wildman–Crippen LogP) is 2.83. The largest absolute Gasteiger partial charge is 0.422 e. The first-order chi connectivity index (χ1) is 10.2. The highest BCUT2D eigenvalue weighted by molar-refractivity contribution is 9.10. The van der Waals surface area contributed by atoms with Gasteiger partial charge in [-0.2, -0.15) is 4.98 Å². The first kappa shape index (κ1) is 13.5. The summed E-state index contributed by atoms with van der Waals surface area (Å²) in [5, 5.41) is 0. The number of aromatic nitrogens is 2. The van der Waals surface area contributed by atoms with Gasteiger partial charge in [0.25, 0.3) is 6.01 Å². The molecule has 2 aromatic heterocycles. The Balaban J connectivity index is 1.73. The highest BCUT2D eigenvalue weighted by Gasteiger charge is 2.31. The maximum absolute atomic E-state index is 6.00. The minimum Gasteiger partial charge on any atom is -0.422 e. The molecule has 3 fully saturated rings. The second kappa shape index (κ2) is 5.25. The van der Waals surface area contributed by atoms with Crippen molar-refractivity contribution in [2.75, 3.05) is 31.1 Å². The Morgan fingerprint density at radius 3 is 2.81 bits per heavy atom. The monoisotopic (exact) mass is 350 g/mol. The van der Waals surface area contributed by atoms with Gasteiger partial charge in [0.05, 0.1) is 5.69 Å². The van der Waals surface area contributed by atoms with E-state index in [0.717, 1.165) is 46.9 Å². The van der Waals surface area contributed by atoms with Gasteiger partial charge in [-0.3, -0.25) is 0 Å². The van der Waals surface area contributed by atoms with E-state index in [0.29, 0.717) is 6.04 Å². The van der Waals surface area contributed by atoms with Crippen LogP contribution < -0.4 is 4.90 Å². The average Bonchev–Trinajstić information content (AvgIpc) is 2.68. The number of pyridine rings is 1. The van der Waals surface area contributed by atoms with Crippen molar-refractivity contribution in [1.82, 2.24) is 14.9 Å². The summed E-state index contributed by atoms with van der Waals surface area (Å²) >= 11 is 3.56. The molecule has 0 N–H and O–H groups in total. The maximum atomic E-state index is 6.00. The zero-order valence-corrected chi connectivity index (χ0v) is 13.8. The molecule has 5 rings (SSSR count). The number of hydrogen-bond donors (Lipinski definition) is 0. The summed E-state index contributed by atoms with van der Waals surface area (Å²) in [7, 11) is 0. The van der Waals surface area contributed by atoms with Gasteiger partial charge in [-0.15, -0.1) is 0 Å². The average molecular weight is 351 g/mol. The van der Waals surface area contributed by atoms with Gasteiger partial charge in [-0.25, -0.2) is 4.98 Å². The summed E-state index contributed by atoms with van der Waals surface area (Å²) in [6.45, 7) is 6.60. The fraction of sp³-hybridized carbons (Fsp3) is 0.600. The van der Waals surface area contributed by atoms with Crippen LogP contribution in [0, 0.1) is 0 Å². The number of oxazole rings is 1. The standard InChI is InChI=1S/C15H19BrN4O/c1-2-12-11(16)9-13-14(17-12)18-15(21-13)20-8-7-19-5-3-10(20)4-6-19/h9-10H,2-8H2,1H3. The molecule has 21 heavy (non-hydrogen) atoms. The van der Waals surface area contributed by atoms with Crippen LogP contribution in [0.15, 0.2) is 15.0 Å². The number of halogens is 1. The minimum atomic E-state index is 0.561. The lowest BCUT2D eigenvalue weighted by molar-refractivity contribution is 0.249. The van der Waals surface area contributed by atoms with Crippen LogP contribution in [0.1, 0.15) is 25.5 Å². The first-order valence-corrected chi connectivity index (χ1v) is 8.49. The lowest BCUT2D eigenvalue weighted by Gasteiger charge is -2.30. The van der Waals surface area contributed by atoms with E-state index in [1.807, 2.05) is 6.07 Å². The molecule has 6 heteroatoms. The van der Waals surface area contributed by atoms with Gasteiger partial charge in [-0.1, -0.05) is 6.92 Å². The fourth-order valence-electron chi connectivity index (χ4n) is 3.38. The number of fused-ring (bicyclic) bond motifs is 5. The molecule has 0 unspecified atom stereocenters. The van der Waals surface area contributed by atoms with Crippen LogP contribution in [-0.2, 0) is 6.42 Å². The highest BCUT2D eigenvalue weighted by atomic mass is 79.9. The second-order valence-corrected chi connectivity index (χ2v) is 6.71. The summed E-state index contributed by atoms with van der Waals surface area (Å²) in [6, 6.07) is 3.30. The summed E-state index contributed by atoms with van der Waals surface area (Å²) in [6.07, 6.45) is 3.30. The van der Waals surface area contributed by atoms with Crippen LogP contribution in [0.25, 0.3) is 11.2 Å². The number of aryl methyl sites for hydroxylation is 1. The zero-order valence-electron chi connectivity index (χ0n) is 12.2. The minimum absolute atomic E-state index is 0.561. The number of nitrogens with zero attached hydrogens (tertiary/aromatic N) is 4. The van der Waals surface area contributed by atoms with Crippen molar-refractivity contribution < 1.29 is 4.42 Å². The van der Waals surface area contributed by atoms with Crippen LogP contribution in [0.5, 0.6) is 0 Å². The molecular formula is C15H19BrN4O. The molecule has 0 amide bonds. The van der Waals surface area contributed by atoms with E-state index < -0.39 is 0 Å². The number of rotatable bonds is 2. The number of hydrogen-bond acceptors (Lipinski definition) is 5. The first-order valence-electron chi connectivity index (χ1n) is 7.69. The SMILES string of the molecule is CCc1nc2nc(N3CCN4CCC3CC4)oc2cc1Br. The van der Waals surface area contributed by atoms with Crippen molar-refractivity contribution in [3.63, 3.8) is 0 Å². The lowest BCUT2D eigenvalue weighted by Crippen LogP contribution is -2.38. The highest BCUT2D eigenvalue weighted by Crippen LogP contribution is 2.30. The molecule has 5 nitrogen and oxygen atoms in total. The Hall–Kier alpha value is -1.14. The second-order valence-electron chi connectivity index (χ2n) is 5.85. The molecule has 5 heterocycles. The van der Waals surface area contributed by atoms with Crippen LogP contribution in [0.3, 0.4) is 0 Å². The lowest BCUT2D eigenvalue weighted by atomic mass is 10.1. The van der Waals surface area contributed by atoms with Gasteiger partial charge in [0.15, 0.2) is 5.58 Å². The van der Waals surface area contributed by atoms with E-state index in [-0.39, 0.29) is 0 Å². The van der Waals surface area contributed by atoms with E-state index in [1.165, 1.54) is 25.9 Å². The molecule has 3 aliphatic rings. The molecule has 0 atom stereocenters. The van der Waals surface area contributed by atoms with E-state index >= 15 is 0 Å². The van der Waals surface area contributed by atoms with E-state index in [4.69, 9.17) is 4.42 Å². The predicted molar refractivity (Wildman–Crippen MR) is 85.7 cm³/mol. The number of anilines is 1. The van der Waals surface area contributed by atoms with Crippen molar-refractivity contribution in [1.29, 1.82) is 0 Å². The molecule has 3 aliphatic heterocycles. The molecule has 3 saturated heterocycles. The molecule has 2 bridgehead atoms. The molecule has 0 radical (unpaired) electrons. The Labute approximate surface area is 132 Å². The van der Waals surface area contributed by atoms with Crippen LogP contribution in [0.4, 0.5) is 6.01 Å². The van der Waals surface area contributed by atoms with E-state index in [2.05, 4.69) is 42.6 Å². The molecule has 2 aromatic rings. The summed E-state index contributed by atoms with van der Waals surface area (Å²) < 4.78 is 7.00. The Bertz CT molecular complexity index is 663. The molecule has 0 aromatic carbocycles. The smallest absolute Gasteiger partial charge is 0.300 e. The van der Waals surface area contributed by atoms with Crippen molar-refractivity contribution in [3.8, 4) is 0 Å². The Morgan fingerprint density at radius 1 is 1.24 bits per heavy atom. The molecule has 112 valence electrons. The third-order valence-electron chi connectivity index (χ3n) is 4.63. The third kappa shape index (κ3) is 2.34. The normalized spacial score (nSPS) is 25.5. The molecule has 0 aliphatic carbocycles. The van der Waals surface area contributed by atoms with Gasteiger partial charge in [0.2, 0.25) is 5.65 Å². The van der Waals surface area contributed by atoms with Gasteiger partial charge in [0, 0.05) is 42.8 Å². The molecule has 0 spiro atoms. The maximum Gasteiger partial charge on any atom is 0.300 e. The Kier molecular flexibility index (Phi) is 3.38. The van der Waals surface area contributed by atoms with Crippen LogP contribution in [0.2, 0.25) is 0 Å². The van der Waals surface area contributed by atoms with Crippen molar-refractivity contribution >= 4 is 33.2 Å². The zero-order chi connectivity index (χ0) is 14.4. The van der Waals surface area contributed by atoms with Crippen LogP contribution in [-0.4, -0.2) is 47.1 Å². The van der Waals surface area contributed by atoms with Crippen molar-refractivity contribution in [3.05, 3.63) is 16.2 Å². The summed E-state index contributed by atoms with van der Waals surface area (Å²) in [4.78, 5) is 14.1. The van der Waals surface area contributed by atoms with Crippen molar-refractivity contribution in [2.24, 2.45) is 0 Å². The topological polar surface area (TPSA) is 45.4 Å². The van der Waals surface area contributed by atoms with Crippen molar-refractivity contribution in [2.45, 2.75) is 32.2 Å². The third-order valence-corrected chi connectivity index (χ3v) is 5.32. The van der Waals surface area contributed by atoms with Gasteiger partial charge in [0.1, 0.15) is 0 Å². The Morgan fingerprint density at radius 2 is 2.05 bits per heavy atom. The van der Waals surface area contributed by atoms with Gasteiger partial charge in [-0.05, 0) is 35.2 Å². The van der Waals surface area contributed by atoms with Crippen LogP contribution >= 0.6 is 15.9 Å². The molecule has 0 saturated carbocycles. The fourth-order valence-corrected chi connectivity index (χ4v) is 3.95. The van der Waals surface area contributed by atoms with E-state index in [9.17, 15) is 0 Å². The summed E-state index contributed by atoms with van der Waals surface area (Å²) in [5.74, 6) is 0. The quantitative estimate of drug-likeness (QED) is 0.833.